The van der Waals surface area contributed by atoms with Crippen LogP contribution < -0.4 is 26.0 Å². The third-order valence-corrected chi connectivity index (χ3v) is 10.2. The van der Waals surface area contributed by atoms with E-state index in [1.165, 1.54) is 13.2 Å². The number of carbonyl (C=O) groups excluding carboxylic acids is 5. The molecule has 59 heavy (non-hydrogen) atoms. The largest absolute Gasteiger partial charge is 0.495 e. The van der Waals surface area contributed by atoms with Crippen LogP contribution in [0, 0.1) is 17.3 Å². The average Bonchev–Trinajstić information content (AvgIpc) is 3.96. The monoisotopic (exact) mass is 840 g/mol. The van der Waals surface area contributed by atoms with Crippen molar-refractivity contribution in [2.45, 2.75) is 117 Å². The number of halogens is 1. The molecule has 0 aromatic heterocycles. The molecule has 2 aliphatic rings. The molecule has 2 aliphatic heterocycles. The highest BCUT2D eigenvalue weighted by molar-refractivity contribution is 6.32. The second-order valence-electron chi connectivity index (χ2n) is 17.2. The highest BCUT2D eigenvalue weighted by Crippen LogP contribution is 2.45. The minimum atomic E-state index is -1.23. The molecule has 0 aliphatic carbocycles. The molecule has 0 bridgehead atoms. The molecule has 2 aromatic carbocycles. The fraction of sp³-hybridized carbons (Fsp3) is 0.568. The van der Waals surface area contributed by atoms with Gasteiger partial charge in [-0.05, 0) is 81.9 Å². The lowest BCUT2D eigenvalue weighted by atomic mass is 9.92. The SMILES string of the molecule is COc1ccc(C[C@H]2NC(=O)/C=C/C[C@@H]([C@H](C)[C@H]3O[C@@H]3c3ccc(CNCCNC(=O)OC(C)(C)C)cc3)OC(=O)[C@H](CC(C)C)OC(=O)C(C)(C)CNC2=O)cc1Cl. The first kappa shape index (κ1) is 47.0. The molecule has 324 valence electrons. The third-order valence-electron chi connectivity index (χ3n) is 9.89. The Morgan fingerprint density at radius 2 is 1.69 bits per heavy atom. The van der Waals surface area contributed by atoms with Gasteiger partial charge in [0, 0.05) is 44.9 Å². The third kappa shape index (κ3) is 14.8. The predicted molar refractivity (Wildman–Crippen MR) is 223 cm³/mol. The molecule has 2 heterocycles. The Labute approximate surface area is 352 Å². The zero-order valence-electron chi connectivity index (χ0n) is 35.6. The number of hydrogen-bond acceptors (Lipinski definition) is 11. The zero-order valence-corrected chi connectivity index (χ0v) is 36.4. The van der Waals surface area contributed by atoms with Crippen LogP contribution in [0.2, 0.25) is 5.02 Å². The maximum Gasteiger partial charge on any atom is 0.407 e. The van der Waals surface area contributed by atoms with Crippen LogP contribution in [0.15, 0.2) is 54.6 Å². The van der Waals surface area contributed by atoms with Crippen molar-refractivity contribution in [1.82, 2.24) is 21.3 Å². The Balaban J connectivity index is 1.47. The van der Waals surface area contributed by atoms with E-state index in [-0.39, 0.29) is 49.9 Å². The number of methoxy groups -OCH3 is 1. The summed E-state index contributed by atoms with van der Waals surface area (Å²) in [7, 11) is 1.50. The van der Waals surface area contributed by atoms with Crippen molar-refractivity contribution < 1.29 is 47.7 Å². The summed E-state index contributed by atoms with van der Waals surface area (Å²) in [6, 6.07) is 12.1. The van der Waals surface area contributed by atoms with Gasteiger partial charge in [-0.2, -0.15) is 0 Å². The van der Waals surface area contributed by atoms with Crippen molar-refractivity contribution in [3.05, 3.63) is 76.3 Å². The van der Waals surface area contributed by atoms with E-state index in [1.54, 1.807) is 38.1 Å². The highest BCUT2D eigenvalue weighted by atomic mass is 35.5. The molecule has 2 aromatic rings. The second-order valence-corrected chi connectivity index (χ2v) is 17.6. The minimum Gasteiger partial charge on any atom is -0.495 e. The molecule has 0 saturated carbocycles. The van der Waals surface area contributed by atoms with Crippen LogP contribution in [0.1, 0.15) is 91.0 Å². The number of cyclic esters (lactones) is 2. The zero-order chi connectivity index (χ0) is 43.5. The lowest BCUT2D eigenvalue weighted by Gasteiger charge is -2.29. The van der Waals surface area contributed by atoms with Crippen LogP contribution >= 0.6 is 11.6 Å². The summed E-state index contributed by atoms with van der Waals surface area (Å²) in [5.41, 5.74) is 0.905. The summed E-state index contributed by atoms with van der Waals surface area (Å²) < 4.78 is 28.6. The van der Waals surface area contributed by atoms with Crippen LogP contribution in [0.5, 0.6) is 5.75 Å². The Morgan fingerprint density at radius 3 is 2.34 bits per heavy atom. The van der Waals surface area contributed by atoms with E-state index < -0.39 is 59.1 Å². The molecular weight excluding hydrogens is 780 g/mol. The summed E-state index contributed by atoms with van der Waals surface area (Å²) in [5, 5.41) is 11.9. The lowest BCUT2D eigenvalue weighted by molar-refractivity contribution is -0.179. The van der Waals surface area contributed by atoms with Gasteiger partial charge >= 0.3 is 18.0 Å². The number of ether oxygens (including phenoxy) is 5. The number of esters is 2. The summed E-state index contributed by atoms with van der Waals surface area (Å²) in [4.78, 5) is 66.1. The van der Waals surface area contributed by atoms with Gasteiger partial charge < -0.3 is 45.0 Å². The number of amides is 3. The maximum atomic E-state index is 13.8. The van der Waals surface area contributed by atoms with E-state index in [4.69, 9.17) is 35.3 Å². The Bertz CT molecular complexity index is 1810. The topological polar surface area (TPSA) is 183 Å². The Morgan fingerprint density at radius 1 is 1.00 bits per heavy atom. The molecule has 15 heteroatoms. The van der Waals surface area contributed by atoms with Gasteiger partial charge in [0.25, 0.3) is 0 Å². The quantitative estimate of drug-likeness (QED) is 0.0836. The van der Waals surface area contributed by atoms with Crippen molar-refractivity contribution in [3.8, 4) is 5.75 Å². The van der Waals surface area contributed by atoms with Crippen molar-refractivity contribution in [1.29, 1.82) is 0 Å². The summed E-state index contributed by atoms with van der Waals surface area (Å²) in [6.45, 7) is 15.9. The van der Waals surface area contributed by atoms with E-state index in [0.29, 0.717) is 36.0 Å². The number of benzene rings is 2. The normalized spacial score (nSPS) is 23.9. The number of rotatable bonds is 13. The van der Waals surface area contributed by atoms with Gasteiger partial charge in [0.15, 0.2) is 6.10 Å². The van der Waals surface area contributed by atoms with Gasteiger partial charge in [0.2, 0.25) is 11.8 Å². The van der Waals surface area contributed by atoms with Gasteiger partial charge in [0.05, 0.1) is 23.7 Å². The van der Waals surface area contributed by atoms with E-state index in [0.717, 1.165) is 11.1 Å². The van der Waals surface area contributed by atoms with Crippen LogP contribution in [-0.4, -0.2) is 86.5 Å². The van der Waals surface area contributed by atoms with E-state index in [2.05, 4.69) is 21.3 Å². The van der Waals surface area contributed by atoms with Gasteiger partial charge in [-0.3, -0.25) is 14.4 Å². The first-order chi connectivity index (χ1) is 27.8. The lowest BCUT2D eigenvalue weighted by Crippen LogP contribution is -2.51. The van der Waals surface area contributed by atoms with Crippen LogP contribution in [0.4, 0.5) is 4.79 Å². The van der Waals surface area contributed by atoms with Crippen molar-refractivity contribution >= 4 is 41.4 Å². The van der Waals surface area contributed by atoms with Gasteiger partial charge in [-0.25, -0.2) is 9.59 Å². The first-order valence-corrected chi connectivity index (χ1v) is 20.5. The number of alkyl carbamates (subject to hydrolysis) is 1. The molecule has 4 N–H and O–H groups in total. The van der Waals surface area contributed by atoms with Crippen molar-refractivity contribution in [2.24, 2.45) is 17.3 Å². The second kappa shape index (κ2) is 21.0. The molecule has 1 saturated heterocycles. The fourth-order valence-corrected chi connectivity index (χ4v) is 6.73. The van der Waals surface area contributed by atoms with Crippen molar-refractivity contribution in [3.63, 3.8) is 0 Å². The standard InChI is InChI=1S/C44H61ClN4O10/c1-26(2)21-35-40(52)56-33(27(3)37-38(58-37)30-16-13-28(14-17-30)24-46-19-20-47-42(54)59-43(4,5)6)11-10-12-36(50)49-32(23-29-15-18-34(55-9)31(45)22-29)39(51)48-25-44(7,8)41(53)57-35/h10,12-18,22,26-27,32-33,35,37-38,46H,11,19-21,23-25H2,1-9H3,(H,47,54)(H,48,51)(H,49,50)/b12-10+/t27-,32+,33-,35-,37+,38+/m0/s1. The maximum absolute atomic E-state index is 13.8. The number of epoxide rings is 1. The van der Waals surface area contributed by atoms with Crippen LogP contribution in [0.3, 0.4) is 0 Å². The first-order valence-electron chi connectivity index (χ1n) is 20.2. The Hall–Kier alpha value is -4.66. The molecule has 0 radical (unpaired) electrons. The van der Waals surface area contributed by atoms with Gasteiger partial charge in [-0.15, -0.1) is 0 Å². The predicted octanol–water partition coefficient (Wildman–Crippen LogP) is 5.74. The molecule has 14 nitrogen and oxygen atoms in total. The number of hydrogen-bond donors (Lipinski definition) is 4. The van der Waals surface area contributed by atoms with E-state index in [9.17, 15) is 24.0 Å². The molecule has 3 amide bonds. The molecule has 0 spiro atoms. The number of carbonyl (C=O) groups is 5. The average molecular weight is 841 g/mol. The van der Waals surface area contributed by atoms with Crippen LogP contribution in [0.25, 0.3) is 0 Å². The van der Waals surface area contributed by atoms with Gasteiger partial charge in [0.1, 0.15) is 29.6 Å². The fourth-order valence-electron chi connectivity index (χ4n) is 6.45. The summed E-state index contributed by atoms with van der Waals surface area (Å²) >= 11 is 6.35. The smallest absolute Gasteiger partial charge is 0.407 e. The molecule has 0 unspecified atom stereocenters. The molecular formula is C44H61ClN4O10. The highest BCUT2D eigenvalue weighted by Gasteiger charge is 2.48. The molecule has 4 rings (SSSR count). The summed E-state index contributed by atoms with van der Waals surface area (Å²) in [6.07, 6.45) is 0.483. The molecule has 1 fully saturated rings. The van der Waals surface area contributed by atoms with Gasteiger partial charge in [-0.1, -0.05) is 68.8 Å². The summed E-state index contributed by atoms with van der Waals surface area (Å²) in [5.74, 6) is -2.27. The van der Waals surface area contributed by atoms with Crippen LogP contribution in [-0.2, 0) is 51.1 Å². The Kier molecular flexibility index (Phi) is 16.8. The molecule has 6 atom stereocenters. The van der Waals surface area contributed by atoms with Crippen molar-refractivity contribution in [2.75, 3.05) is 26.7 Å². The van der Waals surface area contributed by atoms with E-state index in [1.807, 2.05) is 65.8 Å². The number of nitrogens with one attached hydrogen (secondary N) is 4. The minimum absolute atomic E-state index is 0.0105. The van der Waals surface area contributed by atoms with E-state index >= 15 is 0 Å².